The minimum absolute atomic E-state index is 0.0260. The van der Waals surface area contributed by atoms with Crippen LogP contribution in [0.15, 0.2) is 47.4 Å². The van der Waals surface area contributed by atoms with Crippen molar-refractivity contribution >= 4 is 21.6 Å². The highest BCUT2D eigenvalue weighted by Crippen LogP contribution is 2.35. The van der Waals surface area contributed by atoms with Gasteiger partial charge in [0.15, 0.2) is 11.5 Å². The van der Waals surface area contributed by atoms with Crippen molar-refractivity contribution in [2.24, 2.45) is 0 Å². The zero-order valence-corrected chi connectivity index (χ0v) is 15.7. The lowest BCUT2D eigenvalue weighted by atomic mass is 9.96. The monoisotopic (exact) mass is 392 g/mol. The van der Waals surface area contributed by atoms with E-state index in [0.29, 0.717) is 22.7 Å². The van der Waals surface area contributed by atoms with Crippen LogP contribution in [0.25, 0.3) is 0 Å². The Kier molecular flexibility index (Phi) is 5.09. The smallest absolute Gasteiger partial charge is 0.240 e. The van der Waals surface area contributed by atoms with E-state index in [0.717, 1.165) is 0 Å². The molecule has 8 nitrogen and oxygen atoms in total. The molecule has 0 unspecified atom stereocenters. The van der Waals surface area contributed by atoms with Crippen molar-refractivity contribution in [1.29, 1.82) is 0 Å². The van der Waals surface area contributed by atoms with Crippen LogP contribution >= 0.6 is 0 Å². The Morgan fingerprint density at radius 3 is 2.48 bits per heavy atom. The van der Waals surface area contributed by atoms with Gasteiger partial charge in [-0.25, -0.2) is 13.1 Å². The number of hydrogen-bond donors (Lipinski definition) is 3. The third-order valence-corrected chi connectivity index (χ3v) is 5.50. The lowest BCUT2D eigenvalue weighted by Gasteiger charge is -2.24. The van der Waals surface area contributed by atoms with Crippen LogP contribution in [0.2, 0.25) is 0 Å². The Bertz CT molecular complexity index is 954. The Morgan fingerprint density at radius 1 is 1.15 bits per heavy atom. The van der Waals surface area contributed by atoms with Crippen LogP contribution in [0.1, 0.15) is 19.4 Å². The van der Waals surface area contributed by atoms with E-state index in [1.165, 1.54) is 38.1 Å². The van der Waals surface area contributed by atoms with Crippen molar-refractivity contribution in [3.8, 4) is 11.5 Å². The molecule has 1 heterocycles. The van der Waals surface area contributed by atoms with Crippen LogP contribution in [0.5, 0.6) is 11.5 Å². The van der Waals surface area contributed by atoms with E-state index in [9.17, 15) is 18.3 Å². The van der Waals surface area contributed by atoms with Crippen molar-refractivity contribution in [3.63, 3.8) is 0 Å². The van der Waals surface area contributed by atoms with E-state index in [2.05, 4.69) is 10.0 Å². The van der Waals surface area contributed by atoms with E-state index in [4.69, 9.17) is 9.47 Å². The molecule has 1 aliphatic rings. The quantitative estimate of drug-likeness (QED) is 0.687. The van der Waals surface area contributed by atoms with Gasteiger partial charge in [0.1, 0.15) is 5.60 Å². The first-order valence-corrected chi connectivity index (χ1v) is 9.65. The molecule has 0 saturated heterocycles. The standard InChI is InChI=1S/C18H20N2O6S/c1-12(21)20-14-4-6-15(7-5-14)27(23,24)19-10-18(2,22)13-3-8-16-17(9-13)26-11-25-16/h3-9,19,22H,10-11H2,1-2H3,(H,20,21)/t18-/m0/s1. The number of fused-ring (bicyclic) bond motifs is 1. The number of ether oxygens (including phenoxy) is 2. The molecule has 0 spiro atoms. The maximum absolute atomic E-state index is 12.5. The third-order valence-electron chi connectivity index (χ3n) is 4.09. The Balaban J connectivity index is 1.71. The molecule has 2 aromatic carbocycles. The van der Waals surface area contributed by atoms with Gasteiger partial charge in [-0.2, -0.15) is 0 Å². The van der Waals surface area contributed by atoms with E-state index in [1.54, 1.807) is 18.2 Å². The maximum atomic E-state index is 12.5. The number of aliphatic hydroxyl groups is 1. The minimum Gasteiger partial charge on any atom is -0.454 e. The molecular weight excluding hydrogens is 372 g/mol. The van der Waals surface area contributed by atoms with Gasteiger partial charge in [0, 0.05) is 19.2 Å². The van der Waals surface area contributed by atoms with Crippen molar-refractivity contribution in [2.75, 3.05) is 18.7 Å². The average molecular weight is 392 g/mol. The van der Waals surface area contributed by atoms with Crippen molar-refractivity contribution in [1.82, 2.24) is 4.72 Å². The van der Waals surface area contributed by atoms with Gasteiger partial charge >= 0.3 is 0 Å². The van der Waals surface area contributed by atoms with Crippen LogP contribution in [0, 0.1) is 0 Å². The minimum atomic E-state index is -3.84. The van der Waals surface area contributed by atoms with Crippen LogP contribution in [0.3, 0.4) is 0 Å². The van der Waals surface area contributed by atoms with Crippen LogP contribution in [-0.2, 0) is 20.4 Å². The van der Waals surface area contributed by atoms with Gasteiger partial charge in [-0.1, -0.05) is 6.07 Å². The number of sulfonamides is 1. The van der Waals surface area contributed by atoms with Gasteiger partial charge in [-0.3, -0.25) is 4.79 Å². The fourth-order valence-corrected chi connectivity index (χ4v) is 3.71. The molecule has 27 heavy (non-hydrogen) atoms. The van der Waals surface area contributed by atoms with Crippen molar-refractivity contribution in [2.45, 2.75) is 24.3 Å². The van der Waals surface area contributed by atoms with Gasteiger partial charge in [0.05, 0.1) is 4.90 Å². The largest absolute Gasteiger partial charge is 0.454 e. The molecule has 1 atom stereocenters. The first-order valence-electron chi connectivity index (χ1n) is 8.17. The number of rotatable bonds is 6. The number of hydrogen-bond acceptors (Lipinski definition) is 6. The van der Waals surface area contributed by atoms with E-state index in [-0.39, 0.29) is 24.1 Å². The summed E-state index contributed by atoms with van der Waals surface area (Å²) in [4.78, 5) is 11.1. The number of carbonyl (C=O) groups excluding carboxylic acids is 1. The third kappa shape index (κ3) is 4.38. The second kappa shape index (κ2) is 7.18. The van der Waals surface area contributed by atoms with E-state index < -0.39 is 15.6 Å². The van der Waals surface area contributed by atoms with Gasteiger partial charge in [-0.05, 0) is 48.9 Å². The highest BCUT2D eigenvalue weighted by atomic mass is 32.2. The molecule has 0 aliphatic carbocycles. The van der Waals surface area contributed by atoms with E-state index in [1.807, 2.05) is 0 Å². The molecule has 0 aromatic heterocycles. The second-order valence-electron chi connectivity index (χ2n) is 6.37. The van der Waals surface area contributed by atoms with Crippen molar-refractivity contribution < 1.29 is 27.8 Å². The maximum Gasteiger partial charge on any atom is 0.240 e. The molecule has 1 amide bonds. The fraction of sp³-hybridized carbons (Fsp3) is 0.278. The average Bonchev–Trinajstić information content (AvgIpc) is 3.08. The molecule has 1 aliphatic heterocycles. The fourth-order valence-electron chi connectivity index (χ4n) is 2.57. The Labute approximate surface area is 157 Å². The van der Waals surface area contributed by atoms with Crippen LogP contribution < -0.4 is 19.5 Å². The first-order chi connectivity index (χ1) is 12.7. The number of amides is 1. The molecule has 0 saturated carbocycles. The zero-order valence-electron chi connectivity index (χ0n) is 14.9. The highest BCUT2D eigenvalue weighted by molar-refractivity contribution is 7.89. The number of nitrogens with one attached hydrogen (secondary N) is 2. The Hall–Kier alpha value is -2.62. The second-order valence-corrected chi connectivity index (χ2v) is 8.14. The molecule has 3 N–H and O–H groups in total. The lowest BCUT2D eigenvalue weighted by molar-refractivity contribution is -0.114. The van der Waals surface area contributed by atoms with Gasteiger partial charge < -0.3 is 19.9 Å². The molecule has 3 rings (SSSR count). The van der Waals surface area contributed by atoms with Gasteiger partial charge in [0.2, 0.25) is 22.7 Å². The predicted octanol–water partition coefficient (Wildman–Crippen LogP) is 1.56. The zero-order chi connectivity index (χ0) is 19.7. The van der Waals surface area contributed by atoms with Crippen LogP contribution in [0.4, 0.5) is 5.69 Å². The summed E-state index contributed by atoms with van der Waals surface area (Å²) >= 11 is 0. The number of anilines is 1. The summed E-state index contributed by atoms with van der Waals surface area (Å²) in [5.74, 6) is 0.835. The van der Waals surface area contributed by atoms with Crippen LogP contribution in [-0.4, -0.2) is 32.8 Å². The van der Waals surface area contributed by atoms with E-state index >= 15 is 0 Å². The SMILES string of the molecule is CC(=O)Nc1ccc(S(=O)(=O)NC[C@](C)(O)c2ccc3c(c2)OCO3)cc1. The van der Waals surface area contributed by atoms with Gasteiger partial charge in [0.25, 0.3) is 0 Å². The molecular formula is C18H20N2O6S. The van der Waals surface area contributed by atoms with Crippen molar-refractivity contribution in [3.05, 3.63) is 48.0 Å². The molecule has 0 bridgehead atoms. The summed E-state index contributed by atoms with van der Waals surface area (Å²) in [6, 6.07) is 10.7. The topological polar surface area (TPSA) is 114 Å². The summed E-state index contributed by atoms with van der Waals surface area (Å²) in [6.07, 6.45) is 0. The molecule has 0 fully saturated rings. The summed E-state index contributed by atoms with van der Waals surface area (Å²) < 4.78 is 37.9. The molecule has 9 heteroatoms. The predicted molar refractivity (Wildman–Crippen MR) is 98.1 cm³/mol. The highest BCUT2D eigenvalue weighted by Gasteiger charge is 2.28. The summed E-state index contributed by atoms with van der Waals surface area (Å²) in [6.45, 7) is 2.75. The first kappa shape index (κ1) is 19.2. The summed E-state index contributed by atoms with van der Waals surface area (Å²) in [7, 11) is -3.84. The lowest BCUT2D eigenvalue weighted by Crippen LogP contribution is -2.38. The summed E-state index contributed by atoms with van der Waals surface area (Å²) in [5, 5.41) is 13.3. The summed E-state index contributed by atoms with van der Waals surface area (Å²) in [5.41, 5.74) is -0.464. The Morgan fingerprint density at radius 2 is 1.81 bits per heavy atom. The number of carbonyl (C=O) groups is 1. The normalized spacial score (nSPS) is 15.2. The number of benzene rings is 2. The molecule has 2 aromatic rings. The van der Waals surface area contributed by atoms with Gasteiger partial charge in [-0.15, -0.1) is 0 Å². The molecule has 0 radical (unpaired) electrons. The molecule has 144 valence electrons.